The van der Waals surface area contributed by atoms with Crippen LogP contribution in [0, 0.1) is 6.92 Å². The van der Waals surface area contributed by atoms with Crippen LogP contribution < -0.4 is 10.6 Å². The Balaban J connectivity index is 2.13. The Morgan fingerprint density at radius 1 is 1.05 bits per heavy atom. The molecule has 3 rings (SSSR count). The summed E-state index contributed by atoms with van der Waals surface area (Å²) in [6.07, 6.45) is 1.57. The van der Waals surface area contributed by atoms with E-state index < -0.39 is 0 Å². The van der Waals surface area contributed by atoms with Gasteiger partial charge in [0.25, 0.3) is 11.8 Å². The van der Waals surface area contributed by atoms with Crippen molar-refractivity contribution in [2.24, 2.45) is 0 Å². The highest BCUT2D eigenvalue weighted by Gasteiger charge is 2.36. The number of nitrogens with two attached hydrogens (primary N) is 1. The van der Waals surface area contributed by atoms with E-state index >= 15 is 0 Å². The SMILES string of the molecule is Cc1cc(N2C(=O)c3ccc(N)cc3C2=O)ccn1. The maximum atomic E-state index is 12.3. The van der Waals surface area contributed by atoms with Crippen LogP contribution >= 0.6 is 0 Å². The van der Waals surface area contributed by atoms with Gasteiger partial charge >= 0.3 is 0 Å². The van der Waals surface area contributed by atoms with Gasteiger partial charge in [-0.15, -0.1) is 0 Å². The van der Waals surface area contributed by atoms with Gasteiger partial charge in [0.15, 0.2) is 0 Å². The predicted molar refractivity (Wildman–Crippen MR) is 71.0 cm³/mol. The molecule has 0 spiro atoms. The first-order valence-corrected chi connectivity index (χ1v) is 5.79. The number of amides is 2. The van der Waals surface area contributed by atoms with Gasteiger partial charge in [-0.2, -0.15) is 0 Å². The number of nitrogen functional groups attached to an aromatic ring is 1. The van der Waals surface area contributed by atoms with Gasteiger partial charge in [-0.1, -0.05) is 0 Å². The maximum Gasteiger partial charge on any atom is 0.266 e. The van der Waals surface area contributed by atoms with E-state index in [4.69, 9.17) is 5.73 Å². The van der Waals surface area contributed by atoms with E-state index in [0.29, 0.717) is 22.5 Å². The highest BCUT2D eigenvalue weighted by molar-refractivity contribution is 6.34. The number of hydrogen-bond acceptors (Lipinski definition) is 4. The molecule has 1 aliphatic heterocycles. The van der Waals surface area contributed by atoms with E-state index in [1.165, 1.54) is 6.07 Å². The molecule has 94 valence electrons. The van der Waals surface area contributed by atoms with Gasteiger partial charge in [-0.3, -0.25) is 14.6 Å². The summed E-state index contributed by atoms with van der Waals surface area (Å²) in [6, 6.07) is 8.07. The zero-order valence-electron chi connectivity index (χ0n) is 10.3. The maximum absolute atomic E-state index is 12.3. The number of nitrogens with zero attached hydrogens (tertiary/aromatic N) is 2. The average molecular weight is 253 g/mol. The quantitative estimate of drug-likeness (QED) is 0.620. The second kappa shape index (κ2) is 3.91. The van der Waals surface area contributed by atoms with Crippen LogP contribution in [0.1, 0.15) is 26.4 Å². The molecule has 0 aliphatic carbocycles. The fraction of sp³-hybridized carbons (Fsp3) is 0.0714. The molecule has 2 heterocycles. The molecule has 0 radical (unpaired) electrons. The molecule has 0 bridgehead atoms. The van der Waals surface area contributed by atoms with Gasteiger partial charge in [0, 0.05) is 17.6 Å². The molecule has 19 heavy (non-hydrogen) atoms. The molecule has 1 aromatic carbocycles. The average Bonchev–Trinajstić information content (AvgIpc) is 2.61. The van der Waals surface area contributed by atoms with Gasteiger partial charge in [-0.05, 0) is 37.3 Å². The van der Waals surface area contributed by atoms with Crippen molar-refractivity contribution in [3.05, 3.63) is 53.3 Å². The molecule has 0 saturated heterocycles. The minimum Gasteiger partial charge on any atom is -0.399 e. The zero-order chi connectivity index (χ0) is 13.6. The highest BCUT2D eigenvalue weighted by atomic mass is 16.2. The lowest BCUT2D eigenvalue weighted by atomic mass is 10.1. The first-order chi connectivity index (χ1) is 9.08. The topological polar surface area (TPSA) is 76.3 Å². The van der Waals surface area contributed by atoms with Crippen molar-refractivity contribution < 1.29 is 9.59 Å². The number of imide groups is 1. The van der Waals surface area contributed by atoms with Gasteiger partial charge in [0.1, 0.15) is 0 Å². The van der Waals surface area contributed by atoms with Crippen LogP contribution in [-0.2, 0) is 0 Å². The number of fused-ring (bicyclic) bond motifs is 1. The molecule has 0 saturated carbocycles. The number of aromatic nitrogens is 1. The summed E-state index contributed by atoms with van der Waals surface area (Å²) in [4.78, 5) is 29.8. The van der Waals surface area contributed by atoms with Crippen LogP contribution in [0.4, 0.5) is 11.4 Å². The Labute approximate surface area is 109 Å². The van der Waals surface area contributed by atoms with Crippen molar-refractivity contribution in [1.29, 1.82) is 0 Å². The lowest BCUT2D eigenvalue weighted by molar-refractivity contribution is 0.0926. The number of rotatable bonds is 1. The minimum atomic E-state index is -0.349. The first kappa shape index (κ1) is 11.4. The summed E-state index contributed by atoms with van der Waals surface area (Å²) < 4.78 is 0. The normalized spacial score (nSPS) is 13.8. The Morgan fingerprint density at radius 3 is 2.53 bits per heavy atom. The number of benzene rings is 1. The molecule has 0 unspecified atom stereocenters. The summed E-state index contributed by atoms with van der Waals surface area (Å²) in [5.41, 5.74) is 8.12. The molecule has 1 aliphatic rings. The number of pyridine rings is 1. The summed E-state index contributed by atoms with van der Waals surface area (Å²) >= 11 is 0. The number of aryl methyl sites for hydroxylation is 1. The smallest absolute Gasteiger partial charge is 0.266 e. The van der Waals surface area contributed by atoms with Gasteiger partial charge in [0.2, 0.25) is 0 Å². The number of hydrogen-bond donors (Lipinski definition) is 1. The third-order valence-corrected chi connectivity index (χ3v) is 3.05. The molecule has 2 amide bonds. The fourth-order valence-electron chi connectivity index (χ4n) is 2.16. The van der Waals surface area contributed by atoms with E-state index in [2.05, 4.69) is 4.98 Å². The molecule has 2 N–H and O–H groups in total. The third kappa shape index (κ3) is 1.67. The zero-order valence-corrected chi connectivity index (χ0v) is 10.3. The Morgan fingerprint density at radius 2 is 1.79 bits per heavy atom. The predicted octanol–water partition coefficient (Wildman–Crippen LogP) is 1.77. The van der Waals surface area contributed by atoms with E-state index in [9.17, 15) is 9.59 Å². The van der Waals surface area contributed by atoms with Gasteiger partial charge in [0.05, 0.1) is 16.8 Å². The Hall–Kier alpha value is -2.69. The summed E-state index contributed by atoms with van der Waals surface area (Å²) in [5.74, 6) is -0.677. The van der Waals surface area contributed by atoms with Crippen LogP contribution in [0.3, 0.4) is 0 Å². The van der Waals surface area contributed by atoms with Crippen molar-refractivity contribution in [1.82, 2.24) is 4.98 Å². The van der Waals surface area contributed by atoms with Crippen molar-refractivity contribution in [2.45, 2.75) is 6.92 Å². The van der Waals surface area contributed by atoms with Crippen molar-refractivity contribution in [2.75, 3.05) is 10.6 Å². The van der Waals surface area contributed by atoms with E-state index in [1.807, 2.05) is 0 Å². The summed E-state index contributed by atoms with van der Waals surface area (Å²) in [6.45, 7) is 1.81. The summed E-state index contributed by atoms with van der Waals surface area (Å²) in [5, 5.41) is 0. The van der Waals surface area contributed by atoms with E-state index in [1.54, 1.807) is 37.4 Å². The van der Waals surface area contributed by atoms with Crippen molar-refractivity contribution in [3.8, 4) is 0 Å². The molecular formula is C14H11N3O2. The largest absolute Gasteiger partial charge is 0.399 e. The second-order valence-electron chi connectivity index (χ2n) is 4.41. The molecule has 5 nitrogen and oxygen atoms in total. The van der Waals surface area contributed by atoms with Crippen LogP contribution in [-0.4, -0.2) is 16.8 Å². The first-order valence-electron chi connectivity index (χ1n) is 5.79. The van der Waals surface area contributed by atoms with E-state index in [-0.39, 0.29) is 11.8 Å². The lowest BCUT2D eigenvalue weighted by Crippen LogP contribution is -2.29. The van der Waals surface area contributed by atoms with Crippen molar-refractivity contribution in [3.63, 3.8) is 0 Å². The second-order valence-corrected chi connectivity index (χ2v) is 4.41. The Kier molecular flexibility index (Phi) is 2.35. The van der Waals surface area contributed by atoms with Crippen LogP contribution in [0.2, 0.25) is 0 Å². The number of carbonyl (C=O) groups excluding carboxylic acids is 2. The summed E-state index contributed by atoms with van der Waals surface area (Å²) in [7, 11) is 0. The molecule has 2 aromatic rings. The molecular weight excluding hydrogens is 242 g/mol. The third-order valence-electron chi connectivity index (χ3n) is 3.05. The molecule has 0 fully saturated rings. The fourth-order valence-corrected chi connectivity index (χ4v) is 2.16. The molecule has 1 aromatic heterocycles. The van der Waals surface area contributed by atoms with E-state index in [0.717, 1.165) is 10.6 Å². The van der Waals surface area contributed by atoms with Gasteiger partial charge < -0.3 is 5.73 Å². The van der Waals surface area contributed by atoms with Crippen molar-refractivity contribution >= 4 is 23.2 Å². The monoisotopic (exact) mass is 253 g/mol. The minimum absolute atomic E-state index is 0.328. The molecule has 0 atom stereocenters. The van der Waals surface area contributed by atoms with Crippen LogP contribution in [0.25, 0.3) is 0 Å². The van der Waals surface area contributed by atoms with Crippen LogP contribution in [0.15, 0.2) is 36.5 Å². The standard InChI is InChI=1S/C14H11N3O2/c1-8-6-10(4-5-16-8)17-13(18)11-3-2-9(15)7-12(11)14(17)19/h2-7H,15H2,1H3. The Bertz CT molecular complexity index is 710. The lowest BCUT2D eigenvalue weighted by Gasteiger charge is -2.13. The van der Waals surface area contributed by atoms with Crippen LogP contribution in [0.5, 0.6) is 0 Å². The number of anilines is 2. The highest BCUT2D eigenvalue weighted by Crippen LogP contribution is 2.29. The number of carbonyl (C=O) groups is 2. The molecule has 5 heteroatoms. The van der Waals surface area contributed by atoms with Gasteiger partial charge in [-0.25, -0.2) is 4.90 Å².